The average Bonchev–Trinajstić information content (AvgIpc) is 2.86. The van der Waals surface area contributed by atoms with Crippen LogP contribution in [0.2, 0.25) is 0 Å². The molecule has 0 unspecified atom stereocenters. The Morgan fingerprint density at radius 3 is 2.58 bits per heavy atom. The number of hydrogen-bond donors (Lipinski definition) is 3. The molecule has 192 valence electrons. The maximum atomic E-state index is 14.1. The van der Waals surface area contributed by atoms with Crippen LogP contribution in [0, 0.1) is 11.6 Å². The first kappa shape index (κ1) is 26.7. The number of carbonyl (C=O) groups excluding carboxylic acids is 2. The molecule has 0 spiro atoms. The maximum Gasteiger partial charge on any atom is 0.412 e. The number of hydrogen-bond acceptors (Lipinski definition) is 5. The summed E-state index contributed by atoms with van der Waals surface area (Å²) in [6, 6.07) is 10.2. The van der Waals surface area contributed by atoms with E-state index in [4.69, 9.17) is 10.5 Å². The van der Waals surface area contributed by atoms with Gasteiger partial charge < -0.3 is 20.7 Å². The summed E-state index contributed by atoms with van der Waals surface area (Å²) >= 11 is 0. The van der Waals surface area contributed by atoms with E-state index in [2.05, 4.69) is 15.6 Å². The molecule has 12 heteroatoms. The van der Waals surface area contributed by atoms with E-state index < -0.39 is 55.3 Å². The molecule has 3 rings (SSSR count). The largest absolute Gasteiger partial charge is 0.447 e. The predicted molar refractivity (Wildman–Crippen MR) is 125 cm³/mol. The second-order valence-electron chi connectivity index (χ2n) is 8.04. The Balaban J connectivity index is 1.63. The van der Waals surface area contributed by atoms with Gasteiger partial charge in [-0.3, -0.25) is 5.32 Å². The van der Waals surface area contributed by atoms with Gasteiger partial charge in [0.25, 0.3) is 5.92 Å². The SMILES string of the molecule is CN(C(=O)NCc1cccc(F)c1F)[C@H](COC(=O)Nc1cc2ccccc2cn1)CC(F)(F)CN. The fourth-order valence-electron chi connectivity index (χ4n) is 3.35. The van der Waals surface area contributed by atoms with Gasteiger partial charge in [0, 0.05) is 37.2 Å². The average molecular weight is 507 g/mol. The second-order valence-corrected chi connectivity index (χ2v) is 8.04. The van der Waals surface area contributed by atoms with Crippen LogP contribution in [0.3, 0.4) is 0 Å². The van der Waals surface area contributed by atoms with Crippen molar-refractivity contribution in [3.8, 4) is 0 Å². The van der Waals surface area contributed by atoms with Crippen molar-refractivity contribution in [2.45, 2.75) is 24.9 Å². The zero-order valence-electron chi connectivity index (χ0n) is 19.3. The van der Waals surface area contributed by atoms with Crippen LogP contribution >= 0.6 is 0 Å². The number of anilines is 1. The summed E-state index contributed by atoms with van der Waals surface area (Å²) in [5, 5.41) is 6.41. The summed E-state index contributed by atoms with van der Waals surface area (Å²) in [5.74, 6) is -5.39. The van der Waals surface area contributed by atoms with Gasteiger partial charge in [-0.1, -0.05) is 36.4 Å². The minimum atomic E-state index is -3.35. The number of ether oxygens (including phenoxy) is 1. The Hall–Kier alpha value is -3.93. The van der Waals surface area contributed by atoms with E-state index in [1.807, 2.05) is 24.3 Å². The first-order chi connectivity index (χ1) is 17.1. The Morgan fingerprint density at radius 2 is 1.86 bits per heavy atom. The summed E-state index contributed by atoms with van der Waals surface area (Å²) in [6.07, 6.45) is -0.312. The van der Waals surface area contributed by atoms with Crippen LogP contribution in [0.5, 0.6) is 0 Å². The van der Waals surface area contributed by atoms with Gasteiger partial charge in [0.15, 0.2) is 11.6 Å². The van der Waals surface area contributed by atoms with Gasteiger partial charge in [-0.05, 0) is 17.5 Å². The third-order valence-electron chi connectivity index (χ3n) is 5.43. The number of carbonyl (C=O) groups is 2. The molecule has 36 heavy (non-hydrogen) atoms. The molecule has 0 saturated heterocycles. The minimum Gasteiger partial charge on any atom is -0.447 e. The van der Waals surface area contributed by atoms with Crippen molar-refractivity contribution in [1.82, 2.24) is 15.2 Å². The van der Waals surface area contributed by atoms with Crippen LogP contribution < -0.4 is 16.4 Å². The molecule has 3 aromatic rings. The molecule has 0 radical (unpaired) electrons. The molecule has 0 aliphatic carbocycles. The number of nitrogens with two attached hydrogens (primary N) is 1. The van der Waals surface area contributed by atoms with E-state index in [0.29, 0.717) is 0 Å². The standard InChI is InChI=1S/C24H25F4N5O3/c1-33(22(34)31-12-17-7-4-8-19(25)21(17)26)18(10-24(27,28)14-29)13-36-23(35)32-20-9-15-5-2-3-6-16(15)11-30-20/h2-9,11,18H,10,12-14,29H2,1H3,(H,31,34)(H,30,32,35)/t18-/m0/s1. The Morgan fingerprint density at radius 1 is 1.14 bits per heavy atom. The van der Waals surface area contributed by atoms with Crippen molar-refractivity contribution in [2.24, 2.45) is 5.73 Å². The molecule has 0 bridgehead atoms. The lowest BCUT2D eigenvalue weighted by molar-refractivity contribution is -0.0260. The lowest BCUT2D eigenvalue weighted by Crippen LogP contribution is -2.49. The van der Waals surface area contributed by atoms with Crippen LogP contribution in [-0.2, 0) is 11.3 Å². The van der Waals surface area contributed by atoms with E-state index in [1.54, 1.807) is 12.3 Å². The predicted octanol–water partition coefficient (Wildman–Crippen LogP) is 4.26. The first-order valence-corrected chi connectivity index (χ1v) is 10.9. The van der Waals surface area contributed by atoms with Crippen molar-refractivity contribution in [2.75, 3.05) is 25.5 Å². The highest BCUT2D eigenvalue weighted by Gasteiger charge is 2.35. The van der Waals surface area contributed by atoms with E-state index in [9.17, 15) is 27.2 Å². The smallest absolute Gasteiger partial charge is 0.412 e. The summed E-state index contributed by atoms with van der Waals surface area (Å²) in [5.41, 5.74) is 5.00. The highest BCUT2D eigenvalue weighted by molar-refractivity contribution is 5.89. The lowest BCUT2D eigenvalue weighted by atomic mass is 10.1. The van der Waals surface area contributed by atoms with Crippen molar-refractivity contribution in [1.29, 1.82) is 0 Å². The molecule has 2 aromatic carbocycles. The van der Waals surface area contributed by atoms with Crippen molar-refractivity contribution in [3.05, 3.63) is 71.9 Å². The number of fused-ring (bicyclic) bond motifs is 1. The highest BCUT2D eigenvalue weighted by atomic mass is 19.3. The number of rotatable bonds is 9. The van der Waals surface area contributed by atoms with E-state index in [1.165, 1.54) is 19.2 Å². The molecular weight excluding hydrogens is 482 g/mol. The number of pyridine rings is 1. The number of aromatic nitrogens is 1. The van der Waals surface area contributed by atoms with Gasteiger partial charge in [0.2, 0.25) is 0 Å². The fourth-order valence-corrected chi connectivity index (χ4v) is 3.35. The maximum absolute atomic E-state index is 14.1. The molecule has 1 aromatic heterocycles. The molecule has 0 aliphatic heterocycles. The first-order valence-electron chi connectivity index (χ1n) is 10.9. The Labute approximate surface area is 204 Å². The molecule has 1 heterocycles. The van der Waals surface area contributed by atoms with Gasteiger partial charge in [-0.15, -0.1) is 0 Å². The number of likely N-dealkylation sites (N-methyl/N-ethyl adjacent to an activating group) is 1. The van der Waals surface area contributed by atoms with Crippen molar-refractivity contribution >= 4 is 28.7 Å². The van der Waals surface area contributed by atoms with E-state index in [0.717, 1.165) is 21.7 Å². The van der Waals surface area contributed by atoms with Crippen LogP contribution in [0.15, 0.2) is 54.7 Å². The van der Waals surface area contributed by atoms with Gasteiger partial charge >= 0.3 is 12.1 Å². The number of benzene rings is 2. The zero-order valence-corrected chi connectivity index (χ0v) is 19.3. The number of nitrogens with one attached hydrogen (secondary N) is 2. The van der Waals surface area contributed by atoms with E-state index in [-0.39, 0.29) is 17.9 Å². The van der Waals surface area contributed by atoms with Crippen LogP contribution in [0.4, 0.5) is 33.0 Å². The molecule has 4 N–H and O–H groups in total. The van der Waals surface area contributed by atoms with Gasteiger partial charge in [-0.2, -0.15) is 0 Å². The summed E-state index contributed by atoms with van der Waals surface area (Å²) in [6.45, 7) is -1.96. The highest BCUT2D eigenvalue weighted by Crippen LogP contribution is 2.22. The third-order valence-corrected chi connectivity index (χ3v) is 5.43. The fraction of sp³-hybridized carbons (Fsp3) is 0.292. The quantitative estimate of drug-likeness (QED) is 0.375. The third kappa shape index (κ3) is 7.04. The normalized spacial score (nSPS) is 12.2. The van der Waals surface area contributed by atoms with Crippen LogP contribution in [0.1, 0.15) is 12.0 Å². The van der Waals surface area contributed by atoms with Gasteiger partial charge in [0.05, 0.1) is 12.6 Å². The topological polar surface area (TPSA) is 110 Å². The molecule has 0 fully saturated rings. The number of halogens is 4. The minimum absolute atomic E-state index is 0.126. The Bertz CT molecular complexity index is 1230. The number of amides is 3. The molecule has 0 aliphatic rings. The monoisotopic (exact) mass is 507 g/mol. The molecule has 3 amide bonds. The molecular formula is C24H25F4N5O3. The second kappa shape index (κ2) is 11.7. The van der Waals surface area contributed by atoms with Crippen molar-refractivity contribution in [3.63, 3.8) is 0 Å². The van der Waals surface area contributed by atoms with Crippen molar-refractivity contribution < 1.29 is 31.9 Å². The molecule has 1 atom stereocenters. The van der Waals surface area contributed by atoms with E-state index >= 15 is 0 Å². The Kier molecular flexibility index (Phi) is 8.64. The summed E-state index contributed by atoms with van der Waals surface area (Å²) < 4.78 is 60.4. The summed E-state index contributed by atoms with van der Waals surface area (Å²) in [4.78, 5) is 29.8. The summed E-state index contributed by atoms with van der Waals surface area (Å²) in [7, 11) is 1.21. The van der Waals surface area contributed by atoms with Crippen LogP contribution in [0.25, 0.3) is 10.8 Å². The zero-order chi connectivity index (χ0) is 26.3. The number of nitrogens with zero attached hydrogens (tertiary/aromatic N) is 2. The number of urea groups is 1. The van der Waals surface area contributed by atoms with Gasteiger partial charge in [0.1, 0.15) is 12.4 Å². The molecule has 8 nitrogen and oxygen atoms in total. The molecule has 0 saturated carbocycles. The van der Waals surface area contributed by atoms with Gasteiger partial charge in [-0.25, -0.2) is 32.1 Å². The number of alkyl halides is 2. The lowest BCUT2D eigenvalue weighted by Gasteiger charge is -2.30. The van der Waals surface area contributed by atoms with Crippen LogP contribution in [-0.4, -0.2) is 54.2 Å².